The Bertz CT molecular complexity index is 1160. The first-order valence-electron chi connectivity index (χ1n) is 11.0. The number of nitrogens with zero attached hydrogens (tertiary/aromatic N) is 4. The molecule has 0 radical (unpaired) electrons. The van der Waals surface area contributed by atoms with Crippen LogP contribution in [-0.4, -0.2) is 38.9 Å². The number of rotatable bonds is 7. The summed E-state index contributed by atoms with van der Waals surface area (Å²) in [5.74, 6) is -0.686. The Kier molecular flexibility index (Phi) is 6.62. The first kappa shape index (κ1) is 23.0. The Hall–Kier alpha value is -4.15. The third-order valence-corrected chi connectivity index (χ3v) is 6.18. The van der Waals surface area contributed by atoms with Crippen LogP contribution in [-0.2, 0) is 9.59 Å². The topological polar surface area (TPSA) is 148 Å². The number of nitro benzene ring substituents is 2. The van der Waals surface area contributed by atoms with Crippen LogP contribution < -0.4 is 5.32 Å². The lowest BCUT2D eigenvalue weighted by Gasteiger charge is -2.22. The van der Waals surface area contributed by atoms with E-state index in [1.165, 1.54) is 29.3 Å². The van der Waals surface area contributed by atoms with Crippen molar-refractivity contribution in [3.05, 3.63) is 79.9 Å². The Morgan fingerprint density at radius 3 is 2.32 bits per heavy atom. The standard InChI is InChI=1S/C23H23N5O6/c29-22(14-24-23(30)16-4-1-2-5-16)26-21(17-6-3-7-19(12-17)28(33)34)13-20(25-26)15-8-10-18(11-9-15)27(31)32/h3,6-12,16,21H,1-2,4-5,13-14H2,(H,24,30)/t21-/m1/s1. The number of carbonyl (C=O) groups is 2. The van der Waals surface area contributed by atoms with Crippen molar-refractivity contribution in [1.29, 1.82) is 0 Å². The van der Waals surface area contributed by atoms with Crippen molar-refractivity contribution < 1.29 is 19.4 Å². The van der Waals surface area contributed by atoms with Crippen molar-refractivity contribution in [2.45, 2.75) is 38.1 Å². The van der Waals surface area contributed by atoms with Gasteiger partial charge in [-0.3, -0.25) is 29.8 Å². The molecule has 1 aliphatic heterocycles. The van der Waals surface area contributed by atoms with Crippen molar-refractivity contribution in [2.75, 3.05) is 6.54 Å². The highest BCUT2D eigenvalue weighted by Crippen LogP contribution is 2.34. The van der Waals surface area contributed by atoms with Gasteiger partial charge in [0.2, 0.25) is 5.91 Å². The molecule has 1 saturated carbocycles. The quantitative estimate of drug-likeness (QED) is 0.489. The Morgan fingerprint density at radius 2 is 1.68 bits per heavy atom. The van der Waals surface area contributed by atoms with E-state index in [2.05, 4.69) is 10.4 Å². The second-order valence-electron chi connectivity index (χ2n) is 8.36. The molecule has 1 atom stereocenters. The van der Waals surface area contributed by atoms with Crippen LogP contribution in [0, 0.1) is 26.1 Å². The maximum absolute atomic E-state index is 13.1. The number of hydrazone groups is 1. The maximum atomic E-state index is 13.1. The summed E-state index contributed by atoms with van der Waals surface area (Å²) in [6.07, 6.45) is 3.87. The lowest BCUT2D eigenvalue weighted by atomic mass is 9.98. The third-order valence-electron chi connectivity index (χ3n) is 6.18. The number of nitrogens with one attached hydrogen (secondary N) is 1. The van der Waals surface area contributed by atoms with Gasteiger partial charge >= 0.3 is 0 Å². The smallest absolute Gasteiger partial charge is 0.269 e. The SMILES string of the molecule is O=C(NCC(=O)N1N=C(c2ccc([N+](=O)[O-])cc2)C[C@@H]1c1cccc([N+](=O)[O-])c1)C1CCCC1. The fourth-order valence-electron chi connectivity index (χ4n) is 4.37. The number of hydrogen-bond acceptors (Lipinski definition) is 7. The third kappa shape index (κ3) is 4.92. The number of non-ortho nitro benzene ring substituents is 2. The monoisotopic (exact) mass is 465 g/mol. The summed E-state index contributed by atoms with van der Waals surface area (Å²) in [4.78, 5) is 46.6. The van der Waals surface area contributed by atoms with Crippen LogP contribution in [0.2, 0.25) is 0 Å². The molecule has 1 aliphatic carbocycles. The van der Waals surface area contributed by atoms with Crippen LogP contribution in [0.15, 0.2) is 53.6 Å². The van der Waals surface area contributed by atoms with Crippen LogP contribution in [0.5, 0.6) is 0 Å². The van der Waals surface area contributed by atoms with Gasteiger partial charge in [0.15, 0.2) is 0 Å². The van der Waals surface area contributed by atoms with Crippen molar-refractivity contribution in [2.24, 2.45) is 11.0 Å². The van der Waals surface area contributed by atoms with E-state index < -0.39 is 21.8 Å². The summed E-state index contributed by atoms with van der Waals surface area (Å²) in [6.45, 7) is -0.238. The van der Waals surface area contributed by atoms with E-state index in [0.717, 1.165) is 25.7 Å². The molecule has 11 heteroatoms. The molecule has 11 nitrogen and oxygen atoms in total. The van der Waals surface area contributed by atoms with Gasteiger partial charge in [-0.15, -0.1) is 0 Å². The number of nitro groups is 2. The normalized spacial score (nSPS) is 17.9. The molecule has 0 spiro atoms. The predicted molar refractivity (Wildman–Crippen MR) is 122 cm³/mol. The molecule has 1 fully saturated rings. The molecule has 0 bridgehead atoms. The van der Waals surface area contributed by atoms with Gasteiger partial charge in [-0.1, -0.05) is 25.0 Å². The summed E-state index contributed by atoms with van der Waals surface area (Å²) in [6, 6.07) is 11.2. The van der Waals surface area contributed by atoms with E-state index in [0.29, 0.717) is 16.8 Å². The lowest BCUT2D eigenvalue weighted by molar-refractivity contribution is -0.385. The van der Waals surface area contributed by atoms with Crippen LogP contribution >= 0.6 is 0 Å². The molecule has 1 heterocycles. The summed E-state index contributed by atoms with van der Waals surface area (Å²) < 4.78 is 0. The zero-order valence-electron chi connectivity index (χ0n) is 18.3. The van der Waals surface area contributed by atoms with Crippen molar-refractivity contribution in [3.63, 3.8) is 0 Å². The number of carbonyl (C=O) groups excluding carboxylic acids is 2. The maximum Gasteiger partial charge on any atom is 0.269 e. The fraction of sp³-hybridized carbons (Fsp3) is 0.348. The second-order valence-corrected chi connectivity index (χ2v) is 8.36. The zero-order chi connectivity index (χ0) is 24.2. The number of benzene rings is 2. The molecule has 176 valence electrons. The minimum absolute atomic E-state index is 0.0693. The van der Waals surface area contributed by atoms with Crippen molar-refractivity contribution in [1.82, 2.24) is 10.3 Å². The summed E-state index contributed by atoms with van der Waals surface area (Å²) >= 11 is 0. The van der Waals surface area contributed by atoms with Crippen LogP contribution in [0.3, 0.4) is 0 Å². The van der Waals surface area contributed by atoms with Crippen LogP contribution in [0.4, 0.5) is 11.4 Å². The van der Waals surface area contributed by atoms with Gasteiger partial charge in [0, 0.05) is 36.6 Å². The van der Waals surface area contributed by atoms with Gasteiger partial charge in [0.05, 0.1) is 28.1 Å². The highest BCUT2D eigenvalue weighted by Gasteiger charge is 2.34. The van der Waals surface area contributed by atoms with Gasteiger partial charge < -0.3 is 5.32 Å². The van der Waals surface area contributed by atoms with Gasteiger partial charge in [0.25, 0.3) is 17.3 Å². The van der Waals surface area contributed by atoms with E-state index in [1.54, 1.807) is 24.3 Å². The molecule has 0 unspecified atom stereocenters. The molecule has 2 aliphatic rings. The van der Waals surface area contributed by atoms with Gasteiger partial charge in [-0.05, 0) is 36.1 Å². The van der Waals surface area contributed by atoms with Crippen molar-refractivity contribution >= 4 is 28.9 Å². The molecule has 2 aromatic carbocycles. The summed E-state index contributed by atoms with van der Waals surface area (Å²) in [7, 11) is 0. The fourth-order valence-corrected chi connectivity index (χ4v) is 4.37. The van der Waals surface area contributed by atoms with Gasteiger partial charge in [-0.2, -0.15) is 5.10 Å². The molecular formula is C23H23N5O6. The van der Waals surface area contributed by atoms with Gasteiger partial charge in [-0.25, -0.2) is 5.01 Å². The largest absolute Gasteiger partial charge is 0.347 e. The average Bonchev–Trinajstić information content (AvgIpc) is 3.53. The molecule has 0 saturated heterocycles. The van der Waals surface area contributed by atoms with E-state index in [9.17, 15) is 29.8 Å². The van der Waals surface area contributed by atoms with E-state index >= 15 is 0 Å². The Balaban J connectivity index is 1.58. The first-order chi connectivity index (χ1) is 16.3. The number of amides is 2. The molecule has 2 aromatic rings. The average molecular weight is 465 g/mol. The highest BCUT2D eigenvalue weighted by molar-refractivity contribution is 6.03. The van der Waals surface area contributed by atoms with E-state index in [1.807, 2.05) is 0 Å². The lowest BCUT2D eigenvalue weighted by Crippen LogP contribution is -2.39. The predicted octanol–water partition coefficient (Wildman–Crippen LogP) is 3.49. The van der Waals surface area contributed by atoms with Crippen LogP contribution in [0.25, 0.3) is 0 Å². The molecule has 34 heavy (non-hydrogen) atoms. The van der Waals surface area contributed by atoms with Crippen molar-refractivity contribution in [3.8, 4) is 0 Å². The molecule has 2 amide bonds. The number of hydrogen-bond donors (Lipinski definition) is 1. The zero-order valence-corrected chi connectivity index (χ0v) is 18.3. The van der Waals surface area contributed by atoms with E-state index in [-0.39, 0.29) is 36.2 Å². The minimum atomic E-state index is -0.610. The Labute approximate surface area is 194 Å². The highest BCUT2D eigenvalue weighted by atomic mass is 16.6. The molecular weight excluding hydrogens is 442 g/mol. The van der Waals surface area contributed by atoms with Crippen LogP contribution in [0.1, 0.15) is 49.3 Å². The molecule has 4 rings (SSSR count). The summed E-state index contributed by atoms with van der Waals surface area (Å²) in [5.41, 5.74) is 1.47. The first-order valence-corrected chi connectivity index (χ1v) is 11.0. The second kappa shape index (κ2) is 9.77. The molecule has 1 N–H and O–H groups in total. The van der Waals surface area contributed by atoms with E-state index in [4.69, 9.17) is 0 Å². The van der Waals surface area contributed by atoms with Gasteiger partial charge in [0.1, 0.15) is 0 Å². The minimum Gasteiger partial charge on any atom is -0.347 e. The Morgan fingerprint density at radius 1 is 1.00 bits per heavy atom. The summed E-state index contributed by atoms with van der Waals surface area (Å²) in [5, 5.41) is 30.6. The molecule has 0 aromatic heterocycles.